The van der Waals surface area contributed by atoms with Crippen molar-refractivity contribution in [1.29, 1.82) is 5.26 Å². The Morgan fingerprint density at radius 2 is 1.87 bits per heavy atom. The van der Waals surface area contributed by atoms with E-state index in [9.17, 15) is 10.1 Å². The van der Waals surface area contributed by atoms with Gasteiger partial charge in [0.2, 0.25) is 0 Å². The van der Waals surface area contributed by atoms with Crippen LogP contribution in [-0.4, -0.2) is 62.3 Å². The molecule has 5 rings (SSSR count). The van der Waals surface area contributed by atoms with Crippen molar-refractivity contribution in [2.75, 3.05) is 40.4 Å². The zero-order valence-corrected chi connectivity index (χ0v) is 21.6. The molecule has 1 fully saturated rings. The molecule has 2 aromatic carbocycles. The molecule has 38 heavy (non-hydrogen) atoms. The fourth-order valence-electron chi connectivity index (χ4n) is 4.45. The maximum atomic E-state index is 12.4. The fraction of sp³-hybridized carbons (Fsp3) is 0.300. The highest BCUT2D eigenvalue weighted by Gasteiger charge is 2.19. The number of hydrogen-bond donors (Lipinski definition) is 1. The number of pyridine rings is 1. The van der Waals surface area contributed by atoms with Crippen molar-refractivity contribution in [3.05, 3.63) is 71.9 Å². The number of benzene rings is 2. The first-order valence-corrected chi connectivity index (χ1v) is 12.7. The van der Waals surface area contributed by atoms with Crippen LogP contribution in [0.3, 0.4) is 0 Å². The second-order valence-corrected chi connectivity index (χ2v) is 9.57. The average molecular weight is 511 g/mol. The van der Waals surface area contributed by atoms with Crippen LogP contribution in [0.4, 0.5) is 0 Å². The molecular formula is C30H30N4O4. The minimum Gasteiger partial charge on any atom is -0.489 e. The number of carbonyl (C=O) groups is 1. The molecule has 1 aliphatic rings. The molecule has 1 N–H and O–H groups in total. The Hall–Kier alpha value is -4.19. The van der Waals surface area contributed by atoms with E-state index < -0.39 is 0 Å². The first-order valence-electron chi connectivity index (χ1n) is 12.7. The third-order valence-corrected chi connectivity index (χ3v) is 6.56. The summed E-state index contributed by atoms with van der Waals surface area (Å²) in [6.45, 7) is 2.71. The number of fused-ring (bicyclic) bond motifs is 1. The highest BCUT2D eigenvalue weighted by atomic mass is 16.5. The van der Waals surface area contributed by atoms with Crippen LogP contribution in [0, 0.1) is 11.3 Å². The number of rotatable bonds is 8. The number of hydrogen-bond acceptors (Lipinski definition) is 7. The zero-order valence-electron chi connectivity index (χ0n) is 21.6. The molecular weight excluding hydrogens is 480 g/mol. The predicted molar refractivity (Wildman–Crippen MR) is 145 cm³/mol. The molecule has 0 radical (unpaired) electrons. The molecule has 8 nitrogen and oxygen atoms in total. The van der Waals surface area contributed by atoms with Gasteiger partial charge in [-0.1, -0.05) is 18.2 Å². The first-order chi connectivity index (χ1) is 18.5. The molecule has 2 aromatic heterocycles. The van der Waals surface area contributed by atoms with Gasteiger partial charge in [-0.3, -0.25) is 9.78 Å². The van der Waals surface area contributed by atoms with E-state index in [0.717, 1.165) is 36.1 Å². The van der Waals surface area contributed by atoms with E-state index >= 15 is 0 Å². The van der Waals surface area contributed by atoms with Crippen LogP contribution < -0.4 is 10.1 Å². The normalized spacial score (nSPS) is 13.9. The number of furan rings is 1. The predicted octanol–water partition coefficient (Wildman–Crippen LogP) is 4.88. The summed E-state index contributed by atoms with van der Waals surface area (Å²) in [4.78, 5) is 18.9. The van der Waals surface area contributed by atoms with E-state index in [0.29, 0.717) is 53.5 Å². The van der Waals surface area contributed by atoms with Crippen LogP contribution in [-0.2, 0) is 4.74 Å². The molecule has 0 spiro atoms. The highest BCUT2D eigenvalue weighted by Crippen LogP contribution is 2.35. The van der Waals surface area contributed by atoms with Gasteiger partial charge in [0.15, 0.2) is 5.58 Å². The SMILES string of the molecule is CN(C)CCNC(=O)c1ccc(-c2cc3nccc(-c4ccc(OC5CCOCC5)c(C#N)c4)c3o2)cc1. The Labute approximate surface area is 221 Å². The van der Waals surface area contributed by atoms with E-state index in [1.807, 2.05) is 61.5 Å². The monoisotopic (exact) mass is 510 g/mol. The smallest absolute Gasteiger partial charge is 0.251 e. The minimum absolute atomic E-state index is 0.0532. The first kappa shape index (κ1) is 25.5. The van der Waals surface area contributed by atoms with Gasteiger partial charge in [0.1, 0.15) is 29.2 Å². The summed E-state index contributed by atoms with van der Waals surface area (Å²) in [6, 6.07) is 19.0. The third-order valence-electron chi connectivity index (χ3n) is 6.56. The molecule has 4 aromatic rings. The molecule has 8 heteroatoms. The molecule has 1 amide bonds. The van der Waals surface area contributed by atoms with E-state index in [1.54, 1.807) is 18.3 Å². The number of nitriles is 1. The van der Waals surface area contributed by atoms with Crippen LogP contribution in [0.5, 0.6) is 5.75 Å². The third kappa shape index (κ3) is 5.70. The number of likely N-dealkylation sites (N-methyl/N-ethyl adjacent to an activating group) is 1. The maximum Gasteiger partial charge on any atom is 0.251 e. The lowest BCUT2D eigenvalue weighted by Gasteiger charge is -2.23. The fourth-order valence-corrected chi connectivity index (χ4v) is 4.45. The minimum atomic E-state index is -0.107. The van der Waals surface area contributed by atoms with Crippen molar-refractivity contribution in [2.24, 2.45) is 0 Å². The van der Waals surface area contributed by atoms with Crippen LogP contribution >= 0.6 is 0 Å². The summed E-state index contributed by atoms with van der Waals surface area (Å²) in [5, 5.41) is 12.7. The van der Waals surface area contributed by atoms with Crippen molar-refractivity contribution in [2.45, 2.75) is 18.9 Å². The molecule has 1 aliphatic heterocycles. The second kappa shape index (κ2) is 11.5. The van der Waals surface area contributed by atoms with Crippen LogP contribution in [0.2, 0.25) is 0 Å². The van der Waals surface area contributed by atoms with E-state index in [1.165, 1.54) is 0 Å². The molecule has 0 aliphatic carbocycles. The summed E-state index contributed by atoms with van der Waals surface area (Å²) in [7, 11) is 3.93. The van der Waals surface area contributed by atoms with Crippen molar-refractivity contribution in [3.8, 4) is 34.3 Å². The highest BCUT2D eigenvalue weighted by molar-refractivity contribution is 5.95. The summed E-state index contributed by atoms with van der Waals surface area (Å²) in [6.07, 6.45) is 3.41. The van der Waals surface area contributed by atoms with Gasteiger partial charge in [0, 0.05) is 54.9 Å². The van der Waals surface area contributed by atoms with Crippen LogP contribution in [0.15, 0.2) is 65.2 Å². The molecule has 0 bridgehead atoms. The maximum absolute atomic E-state index is 12.4. The van der Waals surface area contributed by atoms with Gasteiger partial charge in [-0.05, 0) is 50.0 Å². The lowest BCUT2D eigenvalue weighted by atomic mass is 10.0. The number of nitrogens with zero attached hydrogens (tertiary/aromatic N) is 3. The van der Waals surface area contributed by atoms with Gasteiger partial charge in [0.25, 0.3) is 5.91 Å². The number of aromatic nitrogens is 1. The Balaban J connectivity index is 1.38. The molecule has 3 heterocycles. The molecule has 1 saturated heterocycles. The standard InChI is InChI=1S/C30H30N4O4/c1-34(2)14-13-33-30(35)21-5-3-20(4-6-21)28-18-26-29(38-28)25(9-12-32-26)22-7-8-27(23(17-22)19-31)37-24-10-15-36-16-11-24/h3-9,12,17-18,24H,10-11,13-16H2,1-2H3,(H,33,35). The Morgan fingerprint density at radius 1 is 1.11 bits per heavy atom. The number of nitrogens with one attached hydrogen (secondary N) is 1. The molecule has 0 unspecified atom stereocenters. The number of carbonyl (C=O) groups excluding carboxylic acids is 1. The number of ether oxygens (including phenoxy) is 2. The molecule has 0 saturated carbocycles. The summed E-state index contributed by atoms with van der Waals surface area (Å²) >= 11 is 0. The quantitative estimate of drug-likeness (QED) is 0.360. The van der Waals surface area contributed by atoms with Gasteiger partial charge >= 0.3 is 0 Å². The second-order valence-electron chi connectivity index (χ2n) is 9.57. The van der Waals surface area contributed by atoms with Crippen molar-refractivity contribution in [1.82, 2.24) is 15.2 Å². The van der Waals surface area contributed by atoms with Crippen molar-refractivity contribution < 1.29 is 18.7 Å². The Kier molecular flexibility index (Phi) is 7.68. The Morgan fingerprint density at radius 3 is 2.61 bits per heavy atom. The van der Waals surface area contributed by atoms with Gasteiger partial charge in [-0.25, -0.2) is 0 Å². The average Bonchev–Trinajstić information content (AvgIpc) is 3.38. The van der Waals surface area contributed by atoms with Gasteiger partial charge in [-0.15, -0.1) is 0 Å². The molecule has 194 valence electrons. The lowest BCUT2D eigenvalue weighted by molar-refractivity contribution is 0.0254. The summed E-state index contributed by atoms with van der Waals surface area (Å²) in [5.74, 6) is 1.13. The van der Waals surface area contributed by atoms with Gasteiger partial charge in [-0.2, -0.15) is 5.26 Å². The van der Waals surface area contributed by atoms with E-state index in [-0.39, 0.29) is 12.0 Å². The molecule has 0 atom stereocenters. The topological polar surface area (TPSA) is 101 Å². The summed E-state index contributed by atoms with van der Waals surface area (Å²) in [5.41, 5.74) is 4.95. The van der Waals surface area contributed by atoms with Crippen molar-refractivity contribution >= 4 is 17.0 Å². The lowest BCUT2D eigenvalue weighted by Crippen LogP contribution is -2.31. The van der Waals surface area contributed by atoms with E-state index in [2.05, 4.69) is 16.4 Å². The van der Waals surface area contributed by atoms with Crippen LogP contribution in [0.25, 0.3) is 33.6 Å². The zero-order chi connectivity index (χ0) is 26.5. The Bertz CT molecular complexity index is 1460. The number of amides is 1. The van der Waals surface area contributed by atoms with Gasteiger partial charge < -0.3 is 24.1 Å². The van der Waals surface area contributed by atoms with Crippen molar-refractivity contribution in [3.63, 3.8) is 0 Å². The summed E-state index contributed by atoms with van der Waals surface area (Å²) < 4.78 is 17.8. The van der Waals surface area contributed by atoms with Crippen LogP contribution in [0.1, 0.15) is 28.8 Å². The van der Waals surface area contributed by atoms with Gasteiger partial charge in [0.05, 0.1) is 18.8 Å². The largest absolute Gasteiger partial charge is 0.489 e. The van der Waals surface area contributed by atoms with E-state index in [4.69, 9.17) is 13.9 Å².